The molecule has 0 spiro atoms. The van der Waals surface area contributed by atoms with Crippen LogP contribution >= 0.6 is 11.6 Å². The lowest BCUT2D eigenvalue weighted by atomic mass is 10.1. The van der Waals surface area contributed by atoms with E-state index in [2.05, 4.69) is 18.9 Å². The van der Waals surface area contributed by atoms with Crippen molar-refractivity contribution in [1.29, 1.82) is 5.26 Å². The summed E-state index contributed by atoms with van der Waals surface area (Å²) in [6, 6.07) is 10.7. The number of rotatable bonds is 2. The second kappa shape index (κ2) is 9.09. The highest BCUT2D eigenvalue weighted by Crippen LogP contribution is 2.42. The summed E-state index contributed by atoms with van der Waals surface area (Å²) in [5, 5.41) is 8.40. The number of fused-ring (bicyclic) bond motifs is 2. The summed E-state index contributed by atoms with van der Waals surface area (Å²) in [6.45, 7) is 0. The van der Waals surface area contributed by atoms with Gasteiger partial charge in [-0.3, -0.25) is 0 Å². The average Bonchev–Trinajstić information content (AvgIpc) is 3.06. The molecule has 2 aromatic carbocycles. The zero-order chi connectivity index (χ0) is 19.7. The predicted octanol–water partition coefficient (Wildman–Crippen LogP) is 6.09. The van der Waals surface area contributed by atoms with Crippen LogP contribution in [0.4, 0.5) is 17.6 Å². The van der Waals surface area contributed by atoms with Gasteiger partial charge >= 0.3 is 12.6 Å². The first-order valence-electron chi connectivity index (χ1n) is 7.42. The van der Waals surface area contributed by atoms with Crippen molar-refractivity contribution in [2.45, 2.75) is 39.7 Å². The summed E-state index contributed by atoms with van der Waals surface area (Å²) in [7, 11) is 0. The molecule has 2 aliphatic heterocycles. The van der Waals surface area contributed by atoms with E-state index < -0.39 is 12.6 Å². The van der Waals surface area contributed by atoms with Crippen LogP contribution in [0.1, 0.15) is 26.0 Å². The van der Waals surface area contributed by atoms with Gasteiger partial charge in [-0.2, -0.15) is 5.26 Å². The average molecular weight is 436 g/mol. The van der Waals surface area contributed by atoms with Crippen molar-refractivity contribution in [3.05, 3.63) is 47.5 Å². The molecule has 2 heterocycles. The van der Waals surface area contributed by atoms with Crippen LogP contribution in [-0.4, -0.2) is 12.6 Å². The lowest BCUT2D eigenvalue weighted by Gasteiger charge is -2.04. The molecule has 5 nitrogen and oxygen atoms in total. The summed E-state index contributed by atoms with van der Waals surface area (Å²) in [5.41, 5.74) is 1.33. The molecule has 0 unspecified atom stereocenters. The fourth-order valence-corrected chi connectivity index (χ4v) is 2.44. The zero-order valence-electron chi connectivity index (χ0n) is 13.3. The third kappa shape index (κ3) is 5.81. The third-order valence-electron chi connectivity index (χ3n) is 3.37. The van der Waals surface area contributed by atoms with Crippen LogP contribution in [-0.2, 0) is 12.3 Å². The van der Waals surface area contributed by atoms with Gasteiger partial charge in [0.25, 0.3) is 0 Å². The molecule has 4 rings (SSSR count). The van der Waals surface area contributed by atoms with Gasteiger partial charge in [0.05, 0.1) is 12.5 Å². The molecule has 0 fully saturated rings. The Bertz CT molecular complexity index is 902. The molecular weight excluding hydrogens is 418 g/mol. The molecule has 0 saturated carbocycles. The van der Waals surface area contributed by atoms with Crippen LogP contribution in [0.5, 0.6) is 23.0 Å². The van der Waals surface area contributed by atoms with E-state index in [0.717, 1.165) is 0 Å². The number of nitriles is 1. The number of halogens is 5. The van der Waals surface area contributed by atoms with Crippen molar-refractivity contribution < 1.29 is 36.5 Å². The SMILES string of the molecule is C.C.FC1(F)Oc2ccc(CCl)cc2O1.N#CCc1ccc2c(c1)OC(F)(F)O2. The minimum absolute atomic E-state index is 0. The van der Waals surface area contributed by atoms with Gasteiger partial charge in [-0.1, -0.05) is 27.0 Å². The van der Waals surface area contributed by atoms with E-state index >= 15 is 0 Å². The first kappa shape index (κ1) is 24.2. The zero-order valence-corrected chi connectivity index (χ0v) is 14.1. The Balaban J connectivity index is 0.000000272. The van der Waals surface area contributed by atoms with Crippen molar-refractivity contribution in [2.24, 2.45) is 0 Å². The first-order chi connectivity index (χ1) is 12.7. The van der Waals surface area contributed by atoms with Crippen LogP contribution in [0.3, 0.4) is 0 Å². The quantitative estimate of drug-likeness (QED) is 0.421. The lowest BCUT2D eigenvalue weighted by molar-refractivity contribution is -0.287. The van der Waals surface area contributed by atoms with Crippen molar-refractivity contribution in [3.8, 4) is 29.1 Å². The highest BCUT2D eigenvalue weighted by molar-refractivity contribution is 6.17. The molecule has 0 saturated heterocycles. The smallest absolute Gasteiger partial charge is 0.395 e. The Kier molecular flexibility index (Phi) is 7.58. The Morgan fingerprint density at radius 1 is 0.759 bits per heavy atom. The molecule has 0 aromatic heterocycles. The fraction of sp³-hybridized carbons (Fsp3) is 0.316. The van der Waals surface area contributed by atoms with Crippen molar-refractivity contribution in [1.82, 2.24) is 0 Å². The van der Waals surface area contributed by atoms with Gasteiger partial charge < -0.3 is 18.9 Å². The van der Waals surface area contributed by atoms with Gasteiger partial charge in [-0.05, 0) is 35.4 Å². The van der Waals surface area contributed by atoms with Crippen molar-refractivity contribution >= 4 is 11.6 Å². The van der Waals surface area contributed by atoms with Crippen molar-refractivity contribution in [3.63, 3.8) is 0 Å². The van der Waals surface area contributed by atoms with E-state index in [9.17, 15) is 17.6 Å². The first-order valence-corrected chi connectivity index (χ1v) is 7.95. The standard InChI is InChI=1S/C9H5F2NO2.C8H5ClF2O2.2CH4/c10-9(11)13-7-2-1-6(3-4-12)5-8(7)14-9;9-4-5-1-2-6-7(3-5)13-8(10,11)12-6;;/h1-2,5H,3H2;1-3H,4H2;2*1H4. The maximum atomic E-state index is 12.5. The molecule has 0 aliphatic carbocycles. The van der Waals surface area contributed by atoms with Crippen molar-refractivity contribution in [2.75, 3.05) is 0 Å². The number of benzene rings is 2. The van der Waals surface area contributed by atoms with Gasteiger partial charge in [0.1, 0.15) is 0 Å². The van der Waals surface area contributed by atoms with E-state index in [1.165, 1.54) is 24.3 Å². The highest BCUT2D eigenvalue weighted by Gasteiger charge is 2.44. The predicted molar refractivity (Wildman–Crippen MR) is 97.6 cm³/mol. The highest BCUT2D eigenvalue weighted by atomic mass is 35.5. The molecular formula is C19H18ClF4NO4. The van der Waals surface area contributed by atoms with Gasteiger partial charge in [0.15, 0.2) is 23.0 Å². The Hall–Kier alpha value is -2.86. The summed E-state index contributed by atoms with van der Waals surface area (Å²) >= 11 is 5.52. The molecule has 2 aromatic rings. The minimum Gasteiger partial charge on any atom is -0.395 e. The van der Waals surface area contributed by atoms with Gasteiger partial charge in [0.2, 0.25) is 0 Å². The van der Waals surface area contributed by atoms with E-state index in [-0.39, 0.29) is 50.2 Å². The van der Waals surface area contributed by atoms with E-state index in [1.807, 2.05) is 6.07 Å². The number of hydrogen-bond acceptors (Lipinski definition) is 5. The topological polar surface area (TPSA) is 60.7 Å². The largest absolute Gasteiger partial charge is 0.586 e. The molecule has 0 atom stereocenters. The molecule has 0 N–H and O–H groups in total. The number of hydrogen-bond donors (Lipinski definition) is 0. The van der Waals surface area contributed by atoms with Crippen LogP contribution in [0, 0.1) is 11.3 Å². The molecule has 10 heteroatoms. The second-order valence-electron chi connectivity index (χ2n) is 5.37. The van der Waals surface area contributed by atoms with E-state index in [0.29, 0.717) is 11.1 Å². The third-order valence-corrected chi connectivity index (χ3v) is 3.68. The molecule has 0 radical (unpaired) electrons. The van der Waals surface area contributed by atoms with E-state index in [1.54, 1.807) is 12.1 Å². The van der Waals surface area contributed by atoms with Crippen LogP contribution in [0.25, 0.3) is 0 Å². The van der Waals surface area contributed by atoms with Gasteiger partial charge in [-0.15, -0.1) is 29.2 Å². The summed E-state index contributed by atoms with van der Waals surface area (Å²) in [6.07, 6.45) is -6.98. The Morgan fingerprint density at radius 3 is 1.62 bits per heavy atom. The van der Waals surface area contributed by atoms with E-state index in [4.69, 9.17) is 16.9 Å². The molecule has 2 aliphatic rings. The minimum atomic E-state index is -3.59. The number of ether oxygens (including phenoxy) is 4. The monoisotopic (exact) mass is 435 g/mol. The molecule has 0 amide bonds. The molecule has 158 valence electrons. The van der Waals surface area contributed by atoms with Crippen LogP contribution in [0.15, 0.2) is 36.4 Å². The number of alkyl halides is 5. The maximum Gasteiger partial charge on any atom is 0.586 e. The van der Waals surface area contributed by atoms with Crippen LogP contribution in [0.2, 0.25) is 0 Å². The summed E-state index contributed by atoms with van der Waals surface area (Å²) in [5.74, 6) is 0.295. The maximum absolute atomic E-state index is 12.5. The van der Waals surface area contributed by atoms with Crippen LogP contribution < -0.4 is 18.9 Å². The summed E-state index contributed by atoms with van der Waals surface area (Å²) in [4.78, 5) is 0. The Labute approximate surface area is 170 Å². The Morgan fingerprint density at radius 2 is 1.17 bits per heavy atom. The van der Waals surface area contributed by atoms with Gasteiger partial charge in [0, 0.05) is 5.88 Å². The fourth-order valence-electron chi connectivity index (χ4n) is 2.27. The summed E-state index contributed by atoms with van der Waals surface area (Å²) < 4.78 is 66.9. The molecule has 0 bridgehead atoms. The molecule has 29 heavy (non-hydrogen) atoms. The normalized spacial score (nSPS) is 15.7. The van der Waals surface area contributed by atoms with Gasteiger partial charge in [-0.25, -0.2) is 0 Å². The number of nitrogens with zero attached hydrogens (tertiary/aromatic N) is 1. The second-order valence-corrected chi connectivity index (χ2v) is 5.63. The lowest BCUT2D eigenvalue weighted by Crippen LogP contribution is -2.25.